The summed E-state index contributed by atoms with van der Waals surface area (Å²) in [6, 6.07) is 0.769. The lowest BCUT2D eigenvalue weighted by molar-refractivity contribution is -0.00188. The highest BCUT2D eigenvalue weighted by Gasteiger charge is 2.30. The summed E-state index contributed by atoms with van der Waals surface area (Å²) in [6.45, 7) is 10.5. The van der Waals surface area contributed by atoms with Crippen LogP contribution in [0.5, 0.6) is 0 Å². The van der Waals surface area contributed by atoms with Crippen molar-refractivity contribution in [2.24, 2.45) is 0 Å². The van der Waals surface area contributed by atoms with Gasteiger partial charge in [-0.15, -0.1) is 0 Å². The zero-order valence-corrected chi connectivity index (χ0v) is 10.3. The zero-order valence-electron chi connectivity index (χ0n) is 10.3. The van der Waals surface area contributed by atoms with Gasteiger partial charge in [-0.2, -0.15) is 0 Å². The van der Waals surface area contributed by atoms with E-state index in [1.165, 1.54) is 12.5 Å². The molecule has 0 radical (unpaired) electrons. The van der Waals surface area contributed by atoms with E-state index in [0.717, 1.165) is 13.1 Å². The van der Waals surface area contributed by atoms with E-state index >= 15 is 0 Å². The van der Waals surface area contributed by atoms with Crippen LogP contribution in [-0.2, 0) is 9.47 Å². The number of rotatable bonds is 6. The second-order valence-electron chi connectivity index (χ2n) is 4.19. The molecule has 0 bridgehead atoms. The monoisotopic (exact) mass is 226 g/mol. The Balaban J connectivity index is 2.50. The molecule has 2 unspecified atom stereocenters. The Morgan fingerprint density at radius 1 is 1.06 bits per heavy atom. The van der Waals surface area contributed by atoms with Crippen LogP contribution < -0.4 is 0 Å². The van der Waals surface area contributed by atoms with Crippen molar-refractivity contribution in [3.05, 3.63) is 25.7 Å². The molecule has 1 aliphatic heterocycles. The van der Waals surface area contributed by atoms with Gasteiger partial charge in [0.05, 0.1) is 24.6 Å². The van der Waals surface area contributed by atoms with Crippen molar-refractivity contribution >= 4 is 0 Å². The lowest BCUT2D eigenvalue weighted by atomic mass is 10.1. The first kappa shape index (κ1) is 13.1. The Labute approximate surface area is 98.1 Å². The van der Waals surface area contributed by atoms with Crippen molar-refractivity contribution in [1.29, 1.82) is 0 Å². The maximum Gasteiger partial charge on any atom is 0.104 e. The molecular formula is C12H22N2O2. The summed E-state index contributed by atoms with van der Waals surface area (Å²) in [5.41, 5.74) is 0. The maximum atomic E-state index is 5.28. The summed E-state index contributed by atoms with van der Waals surface area (Å²) in [4.78, 5) is 4.61. The van der Waals surface area contributed by atoms with Crippen LogP contribution in [0.4, 0.5) is 0 Å². The molecule has 2 atom stereocenters. The van der Waals surface area contributed by atoms with Gasteiger partial charge in [0.15, 0.2) is 0 Å². The molecule has 4 nitrogen and oxygen atoms in total. The minimum Gasteiger partial charge on any atom is -0.500 e. The number of nitrogens with zero attached hydrogens (tertiary/aromatic N) is 2. The summed E-state index contributed by atoms with van der Waals surface area (Å²) in [6.07, 6.45) is 3.00. The number of hydrogen-bond donors (Lipinski definition) is 0. The Morgan fingerprint density at radius 2 is 1.50 bits per heavy atom. The summed E-state index contributed by atoms with van der Waals surface area (Å²) < 4.78 is 10.6. The van der Waals surface area contributed by atoms with Crippen molar-refractivity contribution in [2.45, 2.75) is 12.1 Å². The van der Waals surface area contributed by atoms with E-state index in [4.69, 9.17) is 9.47 Å². The van der Waals surface area contributed by atoms with E-state index in [1.807, 2.05) is 0 Å². The first-order valence-electron chi connectivity index (χ1n) is 5.54. The Hall–Kier alpha value is -1.00. The molecule has 0 saturated carbocycles. The second kappa shape index (κ2) is 6.55. The maximum absolute atomic E-state index is 5.28. The molecule has 92 valence electrons. The van der Waals surface area contributed by atoms with Crippen LogP contribution in [0.25, 0.3) is 0 Å². The highest BCUT2D eigenvalue weighted by atomic mass is 16.5. The SMILES string of the molecule is C=COCC1CN(C)CC(COC=C)N1C. The molecule has 0 spiro atoms. The molecule has 0 aromatic carbocycles. The van der Waals surface area contributed by atoms with Gasteiger partial charge in [0, 0.05) is 13.1 Å². The Kier molecular flexibility index (Phi) is 5.35. The fourth-order valence-corrected chi connectivity index (χ4v) is 2.05. The van der Waals surface area contributed by atoms with E-state index < -0.39 is 0 Å². The van der Waals surface area contributed by atoms with Crippen LogP contribution in [0.15, 0.2) is 25.7 Å². The van der Waals surface area contributed by atoms with Gasteiger partial charge in [-0.3, -0.25) is 4.90 Å². The molecule has 1 rings (SSSR count). The summed E-state index contributed by atoms with van der Waals surface area (Å²) >= 11 is 0. The van der Waals surface area contributed by atoms with Crippen molar-refractivity contribution in [2.75, 3.05) is 40.4 Å². The predicted octanol–water partition coefficient (Wildman–Crippen LogP) is 0.921. The number of ether oxygens (including phenoxy) is 2. The van der Waals surface area contributed by atoms with Crippen molar-refractivity contribution in [3.63, 3.8) is 0 Å². The molecule has 1 heterocycles. The van der Waals surface area contributed by atoms with Crippen LogP contribution in [0, 0.1) is 0 Å². The standard InChI is InChI=1S/C12H22N2O2/c1-5-15-9-11-7-13(3)8-12(14(11)4)10-16-6-2/h5-6,11-12H,1-2,7-10H2,3-4H3. The second-order valence-corrected chi connectivity index (χ2v) is 4.19. The molecule has 4 heteroatoms. The number of piperazine rings is 1. The summed E-state index contributed by atoms with van der Waals surface area (Å²) in [5.74, 6) is 0. The highest BCUT2D eigenvalue weighted by Crippen LogP contribution is 2.13. The van der Waals surface area contributed by atoms with Gasteiger partial charge in [0.1, 0.15) is 13.2 Å². The van der Waals surface area contributed by atoms with Crippen LogP contribution in [-0.4, -0.2) is 62.3 Å². The lowest BCUT2D eigenvalue weighted by Gasteiger charge is -2.43. The van der Waals surface area contributed by atoms with Gasteiger partial charge < -0.3 is 14.4 Å². The van der Waals surface area contributed by atoms with E-state index in [9.17, 15) is 0 Å². The molecule has 16 heavy (non-hydrogen) atoms. The quantitative estimate of drug-likeness (QED) is 0.629. The zero-order chi connectivity index (χ0) is 12.0. The largest absolute Gasteiger partial charge is 0.500 e. The van der Waals surface area contributed by atoms with Crippen molar-refractivity contribution < 1.29 is 9.47 Å². The first-order chi connectivity index (χ1) is 7.69. The smallest absolute Gasteiger partial charge is 0.104 e. The fraction of sp³-hybridized carbons (Fsp3) is 0.667. The topological polar surface area (TPSA) is 24.9 Å². The van der Waals surface area contributed by atoms with Crippen molar-refractivity contribution in [1.82, 2.24) is 9.80 Å². The van der Waals surface area contributed by atoms with Crippen molar-refractivity contribution in [3.8, 4) is 0 Å². The van der Waals surface area contributed by atoms with Crippen LogP contribution >= 0.6 is 0 Å². The molecule has 1 saturated heterocycles. The van der Waals surface area contributed by atoms with Gasteiger partial charge in [-0.05, 0) is 14.1 Å². The number of hydrogen-bond acceptors (Lipinski definition) is 4. The predicted molar refractivity (Wildman–Crippen MR) is 65.1 cm³/mol. The summed E-state index contributed by atoms with van der Waals surface area (Å²) in [5, 5.41) is 0. The molecular weight excluding hydrogens is 204 g/mol. The molecule has 1 aliphatic rings. The van der Waals surface area contributed by atoms with E-state index in [1.54, 1.807) is 0 Å². The Morgan fingerprint density at radius 3 is 1.88 bits per heavy atom. The fourth-order valence-electron chi connectivity index (χ4n) is 2.05. The van der Waals surface area contributed by atoms with E-state index in [-0.39, 0.29) is 0 Å². The average molecular weight is 226 g/mol. The normalized spacial score (nSPS) is 27.4. The van der Waals surface area contributed by atoms with E-state index in [2.05, 4.69) is 37.1 Å². The summed E-state index contributed by atoms with van der Waals surface area (Å²) in [7, 11) is 4.23. The van der Waals surface area contributed by atoms with Crippen LogP contribution in [0.3, 0.4) is 0 Å². The van der Waals surface area contributed by atoms with Gasteiger partial charge in [0.25, 0.3) is 0 Å². The van der Waals surface area contributed by atoms with Gasteiger partial charge >= 0.3 is 0 Å². The molecule has 1 fully saturated rings. The van der Waals surface area contributed by atoms with Crippen LogP contribution in [0.1, 0.15) is 0 Å². The highest BCUT2D eigenvalue weighted by molar-refractivity contribution is 4.86. The third kappa shape index (κ3) is 3.54. The van der Waals surface area contributed by atoms with Gasteiger partial charge in [0.2, 0.25) is 0 Å². The average Bonchev–Trinajstić information content (AvgIpc) is 2.28. The number of likely N-dealkylation sites (N-methyl/N-ethyl adjacent to an activating group) is 2. The molecule has 0 amide bonds. The van der Waals surface area contributed by atoms with Gasteiger partial charge in [-0.25, -0.2) is 0 Å². The third-order valence-electron chi connectivity index (χ3n) is 3.01. The molecule has 0 aromatic heterocycles. The lowest BCUT2D eigenvalue weighted by Crippen LogP contribution is -2.58. The van der Waals surface area contributed by atoms with Gasteiger partial charge in [-0.1, -0.05) is 13.2 Å². The molecule has 0 aliphatic carbocycles. The molecule has 0 N–H and O–H groups in total. The minimum absolute atomic E-state index is 0.384. The Bertz CT molecular complexity index is 211. The van der Waals surface area contributed by atoms with E-state index in [0.29, 0.717) is 25.3 Å². The third-order valence-corrected chi connectivity index (χ3v) is 3.01. The molecule has 0 aromatic rings. The minimum atomic E-state index is 0.384. The first-order valence-corrected chi connectivity index (χ1v) is 5.54. The van der Waals surface area contributed by atoms with Crippen LogP contribution in [0.2, 0.25) is 0 Å².